The number of hydrogen-bond acceptors (Lipinski definition) is 4. The number of hydrogen-bond donors (Lipinski definition) is 1. The van der Waals surface area contributed by atoms with E-state index in [2.05, 4.69) is 16.9 Å². The van der Waals surface area contributed by atoms with E-state index in [1.807, 2.05) is 0 Å². The number of halogens is 1. The second kappa shape index (κ2) is 5.52. The smallest absolute Gasteiger partial charge is 0.326 e. The summed E-state index contributed by atoms with van der Waals surface area (Å²) in [5, 5.41) is 9.62. The Morgan fingerprint density at radius 1 is 1.61 bits per heavy atom. The summed E-state index contributed by atoms with van der Waals surface area (Å²) in [7, 11) is 0. The maximum atomic E-state index is 11.4. The minimum atomic E-state index is -0.810. The molecular formula is C12H16ClN3O2. The largest absolute Gasteiger partial charge is 0.480 e. The fourth-order valence-electron chi connectivity index (χ4n) is 2.39. The van der Waals surface area contributed by atoms with Crippen molar-refractivity contribution in [2.24, 2.45) is 5.92 Å². The summed E-state index contributed by atoms with van der Waals surface area (Å²) in [5.41, 5.74) is 0. The Balaban J connectivity index is 2.23. The Kier molecular flexibility index (Phi) is 4.01. The molecule has 0 aliphatic carbocycles. The quantitative estimate of drug-likeness (QED) is 0.911. The van der Waals surface area contributed by atoms with Crippen molar-refractivity contribution >= 4 is 23.4 Å². The molecule has 1 aromatic heterocycles. The van der Waals surface area contributed by atoms with Crippen LogP contribution in [0.4, 0.5) is 5.82 Å². The highest BCUT2D eigenvalue weighted by molar-refractivity contribution is 6.29. The third-order valence-corrected chi connectivity index (χ3v) is 3.64. The second-order valence-electron chi connectivity index (χ2n) is 4.55. The molecule has 2 atom stereocenters. The lowest BCUT2D eigenvalue weighted by atomic mass is 9.89. The topological polar surface area (TPSA) is 66.3 Å². The van der Waals surface area contributed by atoms with Gasteiger partial charge in [-0.3, -0.25) is 4.98 Å². The van der Waals surface area contributed by atoms with Crippen molar-refractivity contribution in [3.63, 3.8) is 0 Å². The summed E-state index contributed by atoms with van der Waals surface area (Å²) in [5.74, 6) is 0.203. The van der Waals surface area contributed by atoms with Crippen molar-refractivity contribution in [1.82, 2.24) is 9.97 Å². The third-order valence-electron chi connectivity index (χ3n) is 3.46. The van der Waals surface area contributed by atoms with E-state index in [1.165, 1.54) is 6.20 Å². The maximum absolute atomic E-state index is 11.4. The number of carboxylic acids is 1. The first-order valence-electron chi connectivity index (χ1n) is 6.08. The molecule has 0 bridgehead atoms. The van der Waals surface area contributed by atoms with Crippen LogP contribution in [0.25, 0.3) is 0 Å². The Morgan fingerprint density at radius 2 is 2.39 bits per heavy atom. The van der Waals surface area contributed by atoms with Gasteiger partial charge in [-0.25, -0.2) is 9.78 Å². The van der Waals surface area contributed by atoms with Crippen LogP contribution in [-0.4, -0.2) is 33.6 Å². The van der Waals surface area contributed by atoms with Crippen LogP contribution in [0.15, 0.2) is 12.4 Å². The first-order valence-corrected chi connectivity index (χ1v) is 6.46. The molecule has 0 aromatic carbocycles. The molecule has 98 valence electrons. The Morgan fingerprint density at radius 3 is 3.00 bits per heavy atom. The van der Waals surface area contributed by atoms with Crippen molar-refractivity contribution in [2.45, 2.75) is 32.2 Å². The molecule has 0 spiro atoms. The highest BCUT2D eigenvalue weighted by atomic mass is 35.5. The molecular weight excluding hydrogens is 254 g/mol. The van der Waals surface area contributed by atoms with Gasteiger partial charge in [0.25, 0.3) is 0 Å². The van der Waals surface area contributed by atoms with E-state index in [9.17, 15) is 9.90 Å². The number of carboxylic acid groups (broad SMARTS) is 1. The van der Waals surface area contributed by atoms with Crippen molar-refractivity contribution in [3.05, 3.63) is 17.5 Å². The van der Waals surface area contributed by atoms with Gasteiger partial charge in [0, 0.05) is 6.54 Å². The molecule has 2 heterocycles. The SMILES string of the molecule is CCC1CCN(c2cncc(Cl)n2)C(C(=O)O)C1. The van der Waals surface area contributed by atoms with Gasteiger partial charge in [0.05, 0.1) is 12.4 Å². The van der Waals surface area contributed by atoms with Crippen LogP contribution < -0.4 is 4.90 Å². The van der Waals surface area contributed by atoms with Crippen LogP contribution in [0.3, 0.4) is 0 Å². The molecule has 1 saturated heterocycles. The first-order chi connectivity index (χ1) is 8.61. The van der Waals surface area contributed by atoms with Gasteiger partial charge < -0.3 is 10.0 Å². The maximum Gasteiger partial charge on any atom is 0.326 e. The number of aromatic nitrogens is 2. The lowest BCUT2D eigenvalue weighted by Crippen LogP contribution is -2.47. The van der Waals surface area contributed by atoms with Gasteiger partial charge in [-0.1, -0.05) is 24.9 Å². The standard InChI is InChI=1S/C12H16ClN3O2/c1-2-8-3-4-16(9(5-8)12(17)18)11-7-14-6-10(13)15-11/h6-9H,2-5H2,1H3,(H,17,18). The van der Waals surface area contributed by atoms with Crippen LogP contribution in [0, 0.1) is 5.92 Å². The van der Waals surface area contributed by atoms with E-state index < -0.39 is 12.0 Å². The predicted octanol–water partition coefficient (Wildman–Crippen LogP) is 2.21. The monoisotopic (exact) mass is 269 g/mol. The molecule has 1 aromatic rings. The molecule has 1 aliphatic rings. The van der Waals surface area contributed by atoms with Crippen LogP contribution in [-0.2, 0) is 4.79 Å². The fraction of sp³-hybridized carbons (Fsp3) is 0.583. The molecule has 18 heavy (non-hydrogen) atoms. The fourth-order valence-corrected chi connectivity index (χ4v) is 2.53. The summed E-state index contributed by atoms with van der Waals surface area (Å²) in [6.45, 7) is 2.78. The molecule has 0 radical (unpaired) electrons. The Hall–Kier alpha value is -1.36. The molecule has 2 rings (SSSR count). The van der Waals surface area contributed by atoms with E-state index in [0.717, 1.165) is 12.8 Å². The minimum absolute atomic E-state index is 0.286. The third kappa shape index (κ3) is 2.72. The summed E-state index contributed by atoms with van der Waals surface area (Å²) < 4.78 is 0. The molecule has 1 fully saturated rings. The zero-order valence-corrected chi connectivity index (χ0v) is 11.0. The van der Waals surface area contributed by atoms with Crippen LogP contribution in [0.1, 0.15) is 26.2 Å². The summed E-state index contributed by atoms with van der Waals surface area (Å²) >= 11 is 5.80. The number of anilines is 1. The zero-order valence-electron chi connectivity index (χ0n) is 10.2. The zero-order chi connectivity index (χ0) is 13.1. The van der Waals surface area contributed by atoms with Crippen molar-refractivity contribution in [3.8, 4) is 0 Å². The van der Waals surface area contributed by atoms with E-state index in [0.29, 0.717) is 24.7 Å². The van der Waals surface area contributed by atoms with E-state index in [-0.39, 0.29) is 5.15 Å². The summed E-state index contributed by atoms with van der Waals surface area (Å²) in [4.78, 5) is 21.3. The van der Waals surface area contributed by atoms with Gasteiger partial charge >= 0.3 is 5.97 Å². The van der Waals surface area contributed by atoms with Crippen molar-refractivity contribution in [1.29, 1.82) is 0 Å². The van der Waals surface area contributed by atoms with E-state index >= 15 is 0 Å². The van der Waals surface area contributed by atoms with Gasteiger partial charge in [-0.05, 0) is 18.8 Å². The van der Waals surface area contributed by atoms with Gasteiger partial charge in [0.2, 0.25) is 0 Å². The summed E-state index contributed by atoms with van der Waals surface area (Å²) in [6.07, 6.45) is 5.65. The normalized spacial score (nSPS) is 24.0. The Bertz CT molecular complexity index is 441. The molecule has 1 aliphatic heterocycles. The van der Waals surface area contributed by atoms with Crippen molar-refractivity contribution < 1.29 is 9.90 Å². The lowest BCUT2D eigenvalue weighted by Gasteiger charge is -2.37. The minimum Gasteiger partial charge on any atom is -0.480 e. The number of piperidine rings is 1. The van der Waals surface area contributed by atoms with E-state index in [4.69, 9.17) is 11.6 Å². The number of rotatable bonds is 3. The van der Waals surface area contributed by atoms with Gasteiger partial charge in [-0.2, -0.15) is 0 Å². The van der Waals surface area contributed by atoms with Crippen molar-refractivity contribution in [2.75, 3.05) is 11.4 Å². The number of nitrogens with zero attached hydrogens (tertiary/aromatic N) is 3. The molecule has 1 N–H and O–H groups in total. The van der Waals surface area contributed by atoms with E-state index in [1.54, 1.807) is 11.1 Å². The Labute approximate surface area is 111 Å². The highest BCUT2D eigenvalue weighted by Crippen LogP contribution is 2.29. The number of carbonyl (C=O) groups is 1. The van der Waals surface area contributed by atoms with Crippen LogP contribution in [0.2, 0.25) is 5.15 Å². The molecule has 5 nitrogen and oxygen atoms in total. The number of aliphatic carboxylic acids is 1. The first kappa shape index (κ1) is 13.1. The molecule has 0 saturated carbocycles. The van der Waals surface area contributed by atoms with Crippen LogP contribution >= 0.6 is 11.6 Å². The molecule has 2 unspecified atom stereocenters. The average molecular weight is 270 g/mol. The van der Waals surface area contributed by atoms with Gasteiger partial charge in [0.1, 0.15) is 17.0 Å². The molecule has 6 heteroatoms. The average Bonchev–Trinajstić information content (AvgIpc) is 2.38. The van der Waals surface area contributed by atoms with Crippen LogP contribution in [0.5, 0.6) is 0 Å². The highest BCUT2D eigenvalue weighted by Gasteiger charge is 2.33. The second-order valence-corrected chi connectivity index (χ2v) is 4.93. The molecule has 0 amide bonds. The summed E-state index contributed by atoms with van der Waals surface area (Å²) in [6, 6.07) is -0.531. The predicted molar refractivity (Wildman–Crippen MR) is 68.8 cm³/mol. The van der Waals surface area contributed by atoms with Gasteiger partial charge in [-0.15, -0.1) is 0 Å². The van der Waals surface area contributed by atoms with Gasteiger partial charge in [0.15, 0.2) is 0 Å². The lowest BCUT2D eigenvalue weighted by molar-refractivity contribution is -0.139.